The molecule has 0 bridgehead atoms. The summed E-state index contributed by atoms with van der Waals surface area (Å²) in [5.74, 6) is 0.758. The number of aromatic nitrogens is 4. The van der Waals surface area contributed by atoms with E-state index in [0.29, 0.717) is 34.9 Å². The number of amides is 1. The van der Waals surface area contributed by atoms with E-state index in [9.17, 15) is 9.59 Å². The van der Waals surface area contributed by atoms with Crippen LogP contribution < -0.4 is 5.56 Å². The Morgan fingerprint density at radius 1 is 1.12 bits per heavy atom. The zero-order chi connectivity index (χ0) is 22.5. The van der Waals surface area contributed by atoms with Gasteiger partial charge in [0.2, 0.25) is 5.91 Å². The van der Waals surface area contributed by atoms with Crippen LogP contribution in [0.3, 0.4) is 0 Å². The lowest BCUT2D eigenvalue weighted by Crippen LogP contribution is -2.38. The van der Waals surface area contributed by atoms with E-state index in [-0.39, 0.29) is 17.5 Å². The zero-order valence-electron chi connectivity index (χ0n) is 18.3. The molecule has 4 heterocycles. The molecule has 0 aliphatic carbocycles. The number of carbonyl (C=O) groups is 1. The minimum absolute atomic E-state index is 0.0882. The maximum atomic E-state index is 13.4. The van der Waals surface area contributed by atoms with Crippen molar-refractivity contribution in [3.63, 3.8) is 0 Å². The van der Waals surface area contributed by atoms with Crippen molar-refractivity contribution < 1.29 is 4.79 Å². The maximum Gasteiger partial charge on any atom is 0.265 e. The van der Waals surface area contributed by atoms with Crippen LogP contribution in [-0.4, -0.2) is 42.4 Å². The molecule has 0 N–H and O–H groups in total. The van der Waals surface area contributed by atoms with E-state index >= 15 is 0 Å². The van der Waals surface area contributed by atoms with Crippen molar-refractivity contribution >= 4 is 28.7 Å². The van der Waals surface area contributed by atoms with Gasteiger partial charge >= 0.3 is 0 Å². The molecule has 2 aromatic heterocycles. The molecule has 2 aliphatic rings. The standard InChI is InChI=1S/C25H23N5O2S/c1-16-6-8-19(9-7-16)30-23-21(13-26-30)24(32)29-20(15-33-25(29)27-23)12-22(31)28-11-10-17-4-2-3-5-18(17)14-28/h2-9,13,20H,10-12,14-15H2,1H3. The molecule has 2 aromatic carbocycles. The predicted octanol–water partition coefficient (Wildman–Crippen LogP) is 3.51. The molecular formula is C25H23N5O2S. The van der Waals surface area contributed by atoms with Crippen LogP contribution in [0.25, 0.3) is 16.7 Å². The topological polar surface area (TPSA) is 73.0 Å². The highest BCUT2D eigenvalue weighted by atomic mass is 32.2. The van der Waals surface area contributed by atoms with Crippen molar-refractivity contribution in [3.8, 4) is 5.69 Å². The second-order valence-electron chi connectivity index (χ2n) is 8.70. The van der Waals surface area contributed by atoms with E-state index in [1.54, 1.807) is 15.4 Å². The molecule has 1 atom stereocenters. The second-order valence-corrected chi connectivity index (χ2v) is 9.69. The molecule has 6 rings (SSSR count). The van der Waals surface area contributed by atoms with E-state index in [1.165, 1.54) is 22.9 Å². The Morgan fingerprint density at radius 3 is 2.73 bits per heavy atom. The van der Waals surface area contributed by atoms with Gasteiger partial charge in [-0.2, -0.15) is 5.10 Å². The van der Waals surface area contributed by atoms with Crippen molar-refractivity contribution in [3.05, 3.63) is 81.8 Å². The fourth-order valence-electron chi connectivity index (χ4n) is 4.70. The molecule has 0 saturated heterocycles. The molecule has 33 heavy (non-hydrogen) atoms. The van der Waals surface area contributed by atoms with Crippen LogP contribution in [0.4, 0.5) is 0 Å². The minimum Gasteiger partial charge on any atom is -0.338 e. The van der Waals surface area contributed by atoms with Crippen molar-refractivity contribution in [2.45, 2.75) is 37.5 Å². The first-order valence-electron chi connectivity index (χ1n) is 11.1. The fourth-order valence-corrected chi connectivity index (χ4v) is 5.83. The summed E-state index contributed by atoms with van der Waals surface area (Å²) in [5, 5.41) is 5.57. The van der Waals surface area contributed by atoms with Crippen LogP contribution in [0, 0.1) is 6.92 Å². The van der Waals surface area contributed by atoms with Gasteiger partial charge in [0.1, 0.15) is 5.39 Å². The summed E-state index contributed by atoms with van der Waals surface area (Å²) in [5.41, 5.74) is 4.98. The number of carbonyl (C=O) groups excluding carboxylic acids is 1. The summed E-state index contributed by atoms with van der Waals surface area (Å²) < 4.78 is 3.41. The first-order valence-corrected chi connectivity index (χ1v) is 12.1. The number of hydrogen-bond acceptors (Lipinski definition) is 5. The Labute approximate surface area is 195 Å². The number of aryl methyl sites for hydroxylation is 1. The molecule has 7 nitrogen and oxygen atoms in total. The third-order valence-corrected chi connectivity index (χ3v) is 7.64. The van der Waals surface area contributed by atoms with Gasteiger partial charge < -0.3 is 4.90 Å². The third kappa shape index (κ3) is 3.45. The largest absolute Gasteiger partial charge is 0.338 e. The van der Waals surface area contributed by atoms with Gasteiger partial charge in [-0.15, -0.1) is 0 Å². The molecule has 0 saturated carbocycles. The van der Waals surface area contributed by atoms with Crippen LogP contribution in [0.2, 0.25) is 0 Å². The second kappa shape index (κ2) is 7.88. The highest BCUT2D eigenvalue weighted by molar-refractivity contribution is 7.99. The normalized spacial score (nSPS) is 17.2. The zero-order valence-corrected chi connectivity index (χ0v) is 19.1. The first-order chi connectivity index (χ1) is 16.1. The predicted molar refractivity (Wildman–Crippen MR) is 128 cm³/mol. The average molecular weight is 458 g/mol. The molecule has 2 aliphatic heterocycles. The highest BCUT2D eigenvalue weighted by Gasteiger charge is 2.31. The highest BCUT2D eigenvalue weighted by Crippen LogP contribution is 2.34. The Hall–Kier alpha value is -3.39. The summed E-state index contributed by atoms with van der Waals surface area (Å²) in [7, 11) is 0. The van der Waals surface area contributed by atoms with Crippen molar-refractivity contribution in [1.29, 1.82) is 0 Å². The van der Waals surface area contributed by atoms with Crippen LogP contribution in [0.5, 0.6) is 0 Å². The van der Waals surface area contributed by atoms with Crippen molar-refractivity contribution in [1.82, 2.24) is 24.2 Å². The lowest BCUT2D eigenvalue weighted by atomic mass is 9.99. The van der Waals surface area contributed by atoms with Gasteiger partial charge in [0.15, 0.2) is 10.8 Å². The van der Waals surface area contributed by atoms with Crippen molar-refractivity contribution in [2.24, 2.45) is 0 Å². The SMILES string of the molecule is Cc1ccc(-n2ncc3c(=O)n4c(nc32)SCC4CC(=O)N2CCc3ccccc3C2)cc1. The van der Waals surface area contributed by atoms with Gasteiger partial charge in [-0.1, -0.05) is 53.7 Å². The molecule has 0 spiro atoms. The van der Waals surface area contributed by atoms with E-state index in [1.807, 2.05) is 48.2 Å². The molecule has 166 valence electrons. The van der Waals surface area contributed by atoms with Gasteiger partial charge in [0, 0.05) is 25.3 Å². The molecular weight excluding hydrogens is 434 g/mol. The van der Waals surface area contributed by atoms with E-state index in [0.717, 1.165) is 24.2 Å². The Kier molecular flexibility index (Phi) is 4.83. The summed E-state index contributed by atoms with van der Waals surface area (Å²) in [6, 6.07) is 16.1. The molecule has 0 fully saturated rings. The van der Waals surface area contributed by atoms with Gasteiger partial charge in [0.25, 0.3) is 5.56 Å². The monoisotopic (exact) mass is 457 g/mol. The lowest BCUT2D eigenvalue weighted by Gasteiger charge is -2.29. The van der Waals surface area contributed by atoms with Crippen LogP contribution in [-0.2, 0) is 17.8 Å². The Balaban J connectivity index is 1.28. The Morgan fingerprint density at radius 2 is 1.91 bits per heavy atom. The smallest absolute Gasteiger partial charge is 0.265 e. The van der Waals surface area contributed by atoms with E-state index in [2.05, 4.69) is 17.2 Å². The molecule has 4 aromatic rings. The fraction of sp³-hybridized carbons (Fsp3) is 0.280. The van der Waals surface area contributed by atoms with Gasteiger partial charge in [-0.05, 0) is 36.6 Å². The molecule has 1 amide bonds. The summed E-state index contributed by atoms with van der Waals surface area (Å²) in [4.78, 5) is 33.2. The Bertz CT molecular complexity index is 1440. The van der Waals surface area contributed by atoms with E-state index < -0.39 is 0 Å². The summed E-state index contributed by atoms with van der Waals surface area (Å²) >= 11 is 1.53. The number of benzene rings is 2. The molecule has 1 unspecified atom stereocenters. The van der Waals surface area contributed by atoms with Crippen LogP contribution in [0.15, 0.2) is 64.7 Å². The maximum absolute atomic E-state index is 13.4. The van der Waals surface area contributed by atoms with Crippen LogP contribution >= 0.6 is 11.8 Å². The van der Waals surface area contributed by atoms with Crippen LogP contribution in [0.1, 0.15) is 29.2 Å². The average Bonchev–Trinajstić information content (AvgIpc) is 3.44. The first kappa shape index (κ1) is 20.2. The van der Waals surface area contributed by atoms with Crippen molar-refractivity contribution in [2.75, 3.05) is 12.3 Å². The number of hydrogen-bond donors (Lipinski definition) is 0. The number of fused-ring (bicyclic) bond motifs is 3. The van der Waals surface area contributed by atoms with Gasteiger partial charge in [0.05, 0.1) is 17.9 Å². The molecule has 8 heteroatoms. The minimum atomic E-state index is -0.193. The third-order valence-electron chi connectivity index (χ3n) is 6.54. The van der Waals surface area contributed by atoms with E-state index in [4.69, 9.17) is 4.98 Å². The van der Waals surface area contributed by atoms with Gasteiger partial charge in [-0.25, -0.2) is 9.67 Å². The number of rotatable bonds is 3. The molecule has 0 radical (unpaired) electrons. The summed E-state index contributed by atoms with van der Waals surface area (Å²) in [6.07, 6.45) is 2.76. The van der Waals surface area contributed by atoms with Gasteiger partial charge in [-0.3, -0.25) is 14.2 Å². The quantitative estimate of drug-likeness (QED) is 0.440. The number of thioether (sulfide) groups is 1. The lowest BCUT2D eigenvalue weighted by molar-refractivity contribution is -0.132. The summed E-state index contributed by atoms with van der Waals surface area (Å²) in [6.45, 7) is 3.39. The number of nitrogens with zero attached hydrogens (tertiary/aromatic N) is 5.